The Labute approximate surface area is 76.7 Å². The van der Waals surface area contributed by atoms with Crippen molar-refractivity contribution >= 4 is 29.9 Å². The van der Waals surface area contributed by atoms with E-state index in [1.807, 2.05) is 0 Å². The van der Waals surface area contributed by atoms with Crippen molar-refractivity contribution in [2.24, 2.45) is 0 Å². The SMILES string of the molecule is O=C1CCSC(=O)N1C[B-](F)(F)F. The van der Waals surface area contributed by atoms with E-state index in [4.69, 9.17) is 0 Å². The second kappa shape index (κ2) is 3.61. The zero-order chi connectivity index (χ0) is 10.1. The van der Waals surface area contributed by atoms with Crippen molar-refractivity contribution in [3.63, 3.8) is 0 Å². The van der Waals surface area contributed by atoms with Gasteiger partial charge in [-0.1, -0.05) is 11.8 Å². The molecule has 0 aliphatic carbocycles. The number of thioether (sulfide) groups is 1. The predicted octanol–water partition coefficient (Wildman–Crippen LogP) is 1.46. The Morgan fingerprint density at radius 1 is 1.38 bits per heavy atom. The first kappa shape index (κ1) is 10.4. The Morgan fingerprint density at radius 2 is 2.00 bits per heavy atom. The summed E-state index contributed by atoms with van der Waals surface area (Å²) in [5.41, 5.74) is 0. The average molecular weight is 212 g/mol. The molecule has 0 N–H and O–H groups in total. The highest BCUT2D eigenvalue weighted by Gasteiger charge is 2.34. The van der Waals surface area contributed by atoms with Gasteiger partial charge in [-0.3, -0.25) is 9.59 Å². The molecule has 1 fully saturated rings. The van der Waals surface area contributed by atoms with Crippen molar-refractivity contribution < 1.29 is 22.5 Å². The molecule has 2 amide bonds. The molecule has 0 atom stereocenters. The summed E-state index contributed by atoms with van der Waals surface area (Å²) >= 11 is 0.747. The lowest BCUT2D eigenvalue weighted by Crippen LogP contribution is -2.46. The van der Waals surface area contributed by atoms with Crippen molar-refractivity contribution in [1.29, 1.82) is 0 Å². The molecule has 0 aromatic heterocycles. The van der Waals surface area contributed by atoms with Crippen molar-refractivity contribution in [2.45, 2.75) is 6.42 Å². The molecular weight excluding hydrogens is 206 g/mol. The fraction of sp³-hybridized carbons (Fsp3) is 0.600. The van der Waals surface area contributed by atoms with Crippen LogP contribution >= 0.6 is 11.8 Å². The average Bonchev–Trinajstić information content (AvgIpc) is 1.95. The first-order chi connectivity index (χ1) is 5.90. The number of carbonyl (C=O) groups is 2. The van der Waals surface area contributed by atoms with Crippen LogP contribution in [0.2, 0.25) is 0 Å². The van der Waals surface area contributed by atoms with E-state index >= 15 is 0 Å². The molecule has 1 saturated heterocycles. The third-order valence-corrected chi connectivity index (χ3v) is 2.33. The van der Waals surface area contributed by atoms with Crippen LogP contribution in [0.3, 0.4) is 0 Å². The maximum atomic E-state index is 11.9. The summed E-state index contributed by atoms with van der Waals surface area (Å²) in [6.07, 6.45) is -1.41. The molecule has 0 saturated carbocycles. The van der Waals surface area contributed by atoms with Crippen molar-refractivity contribution in [2.75, 3.05) is 12.2 Å². The molecular formula is C5H6BF3NO2S-. The second-order valence-corrected chi connectivity index (χ2v) is 3.63. The minimum absolute atomic E-state index is 0.00255. The Kier molecular flexibility index (Phi) is 2.89. The van der Waals surface area contributed by atoms with E-state index in [1.54, 1.807) is 0 Å². The molecule has 1 heterocycles. The normalized spacial score (nSPS) is 19.5. The van der Waals surface area contributed by atoms with Gasteiger partial charge in [-0.05, 0) is 6.44 Å². The smallest absolute Gasteiger partial charge is 0.448 e. The standard InChI is InChI=1S/C5H6BF3NO2S/c7-6(8,9)3-10-4(11)1-2-13-5(10)12/h1-3H2/q-1. The molecule has 3 nitrogen and oxygen atoms in total. The molecule has 1 aliphatic rings. The van der Waals surface area contributed by atoms with E-state index in [9.17, 15) is 22.5 Å². The monoisotopic (exact) mass is 212 g/mol. The molecule has 0 aromatic carbocycles. The first-order valence-electron chi connectivity index (χ1n) is 3.58. The third kappa shape index (κ3) is 2.94. The molecule has 0 aromatic rings. The Balaban J connectivity index is 2.65. The van der Waals surface area contributed by atoms with Gasteiger partial charge in [-0.25, -0.2) is 0 Å². The molecule has 1 aliphatic heterocycles. The van der Waals surface area contributed by atoms with E-state index in [0.29, 0.717) is 0 Å². The number of halogens is 3. The van der Waals surface area contributed by atoms with Gasteiger partial charge in [0.2, 0.25) is 5.91 Å². The van der Waals surface area contributed by atoms with E-state index in [-0.39, 0.29) is 17.1 Å². The van der Waals surface area contributed by atoms with Gasteiger partial charge in [0.15, 0.2) is 0 Å². The van der Waals surface area contributed by atoms with Crippen LogP contribution in [0.4, 0.5) is 17.7 Å². The number of nitrogens with zero attached hydrogens (tertiary/aromatic N) is 1. The van der Waals surface area contributed by atoms with Crippen LogP contribution in [0.5, 0.6) is 0 Å². The van der Waals surface area contributed by atoms with Crippen LogP contribution in [0.1, 0.15) is 6.42 Å². The predicted molar refractivity (Wildman–Crippen MR) is 43.3 cm³/mol. The van der Waals surface area contributed by atoms with Crippen molar-refractivity contribution in [1.82, 2.24) is 4.90 Å². The van der Waals surface area contributed by atoms with Gasteiger partial charge in [0.1, 0.15) is 0 Å². The van der Waals surface area contributed by atoms with E-state index in [0.717, 1.165) is 11.8 Å². The van der Waals surface area contributed by atoms with E-state index < -0.39 is 24.6 Å². The van der Waals surface area contributed by atoms with Crippen LogP contribution in [-0.2, 0) is 4.79 Å². The highest BCUT2D eigenvalue weighted by Crippen LogP contribution is 2.21. The Bertz CT molecular complexity index is 228. The van der Waals surface area contributed by atoms with E-state index in [1.165, 1.54) is 0 Å². The van der Waals surface area contributed by atoms with Gasteiger partial charge in [-0.15, -0.1) is 0 Å². The number of imide groups is 1. The number of carbonyl (C=O) groups excluding carboxylic acids is 2. The minimum Gasteiger partial charge on any atom is -0.448 e. The first-order valence-corrected chi connectivity index (χ1v) is 4.57. The highest BCUT2D eigenvalue weighted by molar-refractivity contribution is 8.13. The van der Waals surface area contributed by atoms with Crippen LogP contribution in [0.25, 0.3) is 0 Å². The Hall–Kier alpha value is -0.655. The number of rotatable bonds is 2. The zero-order valence-corrected chi connectivity index (χ0v) is 7.32. The molecule has 1 rings (SSSR count). The van der Waals surface area contributed by atoms with Crippen LogP contribution in [-0.4, -0.2) is 35.2 Å². The zero-order valence-electron chi connectivity index (χ0n) is 6.50. The summed E-state index contributed by atoms with van der Waals surface area (Å²) in [6.45, 7) is -5.12. The van der Waals surface area contributed by atoms with Crippen molar-refractivity contribution in [3.05, 3.63) is 0 Å². The van der Waals surface area contributed by atoms with Crippen molar-refractivity contribution in [3.8, 4) is 0 Å². The number of hydrogen-bond acceptors (Lipinski definition) is 3. The minimum atomic E-state index is -5.12. The molecule has 0 spiro atoms. The number of amides is 2. The molecule has 0 unspecified atom stereocenters. The van der Waals surface area contributed by atoms with Gasteiger partial charge >= 0.3 is 6.98 Å². The second-order valence-electron chi connectivity index (χ2n) is 2.58. The number of hydrogen-bond donors (Lipinski definition) is 0. The third-order valence-electron chi connectivity index (χ3n) is 1.45. The summed E-state index contributed by atoms with van der Waals surface area (Å²) in [4.78, 5) is 22.0. The van der Waals surface area contributed by atoms with Gasteiger partial charge < -0.3 is 17.8 Å². The maximum Gasteiger partial charge on any atom is 0.497 e. The largest absolute Gasteiger partial charge is 0.497 e. The Morgan fingerprint density at radius 3 is 2.46 bits per heavy atom. The highest BCUT2D eigenvalue weighted by atomic mass is 32.2. The van der Waals surface area contributed by atoms with Crippen LogP contribution < -0.4 is 0 Å². The molecule has 0 bridgehead atoms. The van der Waals surface area contributed by atoms with Crippen LogP contribution in [0, 0.1) is 0 Å². The lowest BCUT2D eigenvalue weighted by atomic mass is 9.91. The van der Waals surface area contributed by atoms with Crippen LogP contribution in [0.15, 0.2) is 0 Å². The van der Waals surface area contributed by atoms with E-state index in [2.05, 4.69) is 0 Å². The lowest BCUT2D eigenvalue weighted by molar-refractivity contribution is -0.127. The summed E-state index contributed by atoms with van der Waals surface area (Å²) in [7, 11) is 0. The summed E-state index contributed by atoms with van der Waals surface area (Å²) in [6, 6.07) is 0. The fourth-order valence-electron chi connectivity index (χ4n) is 0.924. The summed E-state index contributed by atoms with van der Waals surface area (Å²) in [5.74, 6) is -0.457. The topological polar surface area (TPSA) is 37.4 Å². The van der Waals surface area contributed by atoms with Gasteiger partial charge in [0.25, 0.3) is 5.24 Å². The fourth-order valence-corrected chi connectivity index (χ4v) is 1.71. The molecule has 8 heteroatoms. The maximum absolute atomic E-state index is 11.9. The summed E-state index contributed by atoms with van der Waals surface area (Å²) < 4.78 is 35.7. The lowest BCUT2D eigenvalue weighted by Gasteiger charge is -2.28. The quantitative estimate of drug-likeness (QED) is 0.650. The van der Waals surface area contributed by atoms with Gasteiger partial charge in [0, 0.05) is 12.2 Å². The summed E-state index contributed by atoms with van der Waals surface area (Å²) in [5, 5.41) is -0.796. The molecule has 0 radical (unpaired) electrons. The van der Waals surface area contributed by atoms with Gasteiger partial charge in [-0.2, -0.15) is 0 Å². The molecule has 74 valence electrons. The molecule has 13 heavy (non-hydrogen) atoms. The van der Waals surface area contributed by atoms with Gasteiger partial charge in [0.05, 0.1) is 0 Å².